The van der Waals surface area contributed by atoms with Gasteiger partial charge in [0.1, 0.15) is 17.7 Å². The lowest BCUT2D eigenvalue weighted by Gasteiger charge is -2.31. The van der Waals surface area contributed by atoms with Crippen molar-refractivity contribution >= 4 is 39.1 Å². The number of amides is 1. The Bertz CT molecular complexity index is 1410. The summed E-state index contributed by atoms with van der Waals surface area (Å²) < 4.78 is 95.9. The van der Waals surface area contributed by atoms with E-state index in [1.54, 1.807) is 5.38 Å². The smallest absolute Gasteiger partial charge is 0.463 e. The van der Waals surface area contributed by atoms with Gasteiger partial charge in [-0.2, -0.15) is 21.6 Å². The molecule has 0 saturated carbocycles. The molecule has 2 atom stereocenters. The van der Waals surface area contributed by atoms with E-state index in [0.29, 0.717) is 6.07 Å². The third-order valence-corrected chi connectivity index (χ3v) is 7.39. The quantitative estimate of drug-likeness (QED) is 0.423. The number of hydrogen-bond donors (Lipinski definition) is 1. The fourth-order valence-electron chi connectivity index (χ4n) is 3.96. The number of nitrogens with one attached hydrogen (secondary N) is 1. The number of halogens is 5. The average molecular weight is 565 g/mol. The molecule has 0 bridgehead atoms. The lowest BCUT2D eigenvalue weighted by atomic mass is 9.93. The normalized spacial score (nSPS) is 19.9. The van der Waals surface area contributed by atoms with E-state index in [-0.39, 0.29) is 40.8 Å². The molecule has 3 heterocycles. The van der Waals surface area contributed by atoms with Crippen LogP contribution in [0.5, 0.6) is 0 Å². The minimum atomic E-state index is -5.98. The maximum atomic E-state index is 14.8. The number of benzene rings is 1. The molecule has 2 aliphatic heterocycles. The summed E-state index contributed by atoms with van der Waals surface area (Å²) in [5.41, 5.74) is -6.07. The minimum absolute atomic E-state index is 0.0666. The second kappa shape index (κ2) is 9.81. The van der Waals surface area contributed by atoms with Crippen molar-refractivity contribution in [1.29, 1.82) is 0 Å². The maximum Gasteiger partial charge on any atom is 0.516 e. The summed E-state index contributed by atoms with van der Waals surface area (Å²) in [6.45, 7) is 1.06. The van der Waals surface area contributed by atoms with Crippen LogP contribution in [-0.4, -0.2) is 54.7 Å². The molecule has 1 fully saturated rings. The van der Waals surface area contributed by atoms with Crippen LogP contribution in [0.2, 0.25) is 0 Å². The van der Waals surface area contributed by atoms with Crippen LogP contribution in [0, 0.1) is 17.6 Å². The van der Waals surface area contributed by atoms with Gasteiger partial charge in [-0.1, -0.05) is 6.07 Å². The van der Waals surface area contributed by atoms with Gasteiger partial charge in [0.2, 0.25) is 5.91 Å². The van der Waals surface area contributed by atoms with Crippen molar-refractivity contribution in [3.8, 4) is 0 Å². The standard InChI is InChI=1S/C21H17F5N4O5S2/c1-2-35-20(32)15-14-7-10(18(31)29-37(33,34)21(24,25)26)9-30(14)17(19-27-5-6-36-19)28-16(15)12-4-3-11(22)8-13(12)23/h3-6,8,10,16H,2,7,9H2,1H3,(H,29,31)/t10-,16-/m0/s1. The first-order valence-corrected chi connectivity index (χ1v) is 12.9. The Morgan fingerprint density at radius 3 is 2.59 bits per heavy atom. The first-order valence-electron chi connectivity index (χ1n) is 10.6. The van der Waals surface area contributed by atoms with Crippen molar-refractivity contribution in [2.24, 2.45) is 10.9 Å². The Labute approximate surface area is 210 Å². The summed E-state index contributed by atoms with van der Waals surface area (Å²) in [6.07, 6.45) is 1.04. The molecule has 9 nitrogen and oxygen atoms in total. The second-order valence-corrected chi connectivity index (χ2v) is 10.4. The lowest BCUT2D eigenvalue weighted by Crippen LogP contribution is -2.43. The van der Waals surface area contributed by atoms with Crippen molar-refractivity contribution < 1.29 is 44.7 Å². The second-order valence-electron chi connectivity index (χ2n) is 7.87. The number of rotatable bonds is 6. The maximum absolute atomic E-state index is 14.8. The summed E-state index contributed by atoms with van der Waals surface area (Å²) in [5.74, 6) is -5.59. The van der Waals surface area contributed by atoms with Crippen LogP contribution in [0.3, 0.4) is 0 Å². The zero-order valence-corrected chi connectivity index (χ0v) is 20.4. The van der Waals surface area contributed by atoms with Crippen molar-refractivity contribution in [2.75, 3.05) is 13.2 Å². The molecule has 0 aliphatic carbocycles. The Morgan fingerprint density at radius 2 is 2.00 bits per heavy atom. The van der Waals surface area contributed by atoms with Crippen molar-refractivity contribution in [3.05, 3.63) is 63.3 Å². The van der Waals surface area contributed by atoms with Gasteiger partial charge in [0.05, 0.1) is 18.1 Å². The summed E-state index contributed by atoms with van der Waals surface area (Å²) in [7, 11) is -5.98. The van der Waals surface area contributed by atoms with Gasteiger partial charge in [-0.3, -0.25) is 9.79 Å². The summed E-state index contributed by atoms with van der Waals surface area (Å²) >= 11 is 1.10. The number of esters is 1. The Balaban J connectivity index is 1.83. The number of amidine groups is 1. The predicted molar refractivity (Wildman–Crippen MR) is 119 cm³/mol. The van der Waals surface area contributed by atoms with Gasteiger partial charge in [0.25, 0.3) is 0 Å². The van der Waals surface area contributed by atoms with Gasteiger partial charge in [0.15, 0.2) is 10.8 Å². The number of aromatic nitrogens is 1. The molecule has 2 aromatic rings. The van der Waals surface area contributed by atoms with E-state index in [9.17, 15) is 40.0 Å². The number of allylic oxidation sites excluding steroid dienone is 1. The van der Waals surface area contributed by atoms with Gasteiger partial charge in [-0.05, 0) is 13.0 Å². The minimum Gasteiger partial charge on any atom is -0.463 e. The molecule has 0 radical (unpaired) electrons. The van der Waals surface area contributed by atoms with Crippen molar-refractivity contribution in [3.63, 3.8) is 0 Å². The summed E-state index contributed by atoms with van der Waals surface area (Å²) in [6, 6.07) is 1.28. The monoisotopic (exact) mass is 564 g/mol. The first-order chi connectivity index (χ1) is 17.3. The van der Waals surface area contributed by atoms with Crippen LogP contribution in [0.15, 0.2) is 46.0 Å². The van der Waals surface area contributed by atoms with E-state index in [1.807, 2.05) is 0 Å². The van der Waals surface area contributed by atoms with Crippen LogP contribution in [0.1, 0.15) is 30.0 Å². The first kappa shape index (κ1) is 26.7. The van der Waals surface area contributed by atoms with Crippen LogP contribution in [-0.2, 0) is 24.3 Å². The fourth-order valence-corrected chi connectivity index (χ4v) is 5.15. The van der Waals surface area contributed by atoms with Gasteiger partial charge < -0.3 is 9.64 Å². The van der Waals surface area contributed by atoms with Crippen molar-refractivity contribution in [2.45, 2.75) is 24.9 Å². The number of aliphatic imine (C=N–C) groups is 1. The Kier molecular flexibility index (Phi) is 7.07. The van der Waals surface area contributed by atoms with E-state index in [1.165, 1.54) is 18.0 Å². The molecular weight excluding hydrogens is 547 g/mol. The zero-order valence-electron chi connectivity index (χ0n) is 18.8. The highest BCUT2D eigenvalue weighted by molar-refractivity contribution is 7.90. The van der Waals surface area contributed by atoms with Crippen molar-refractivity contribution in [1.82, 2.24) is 14.6 Å². The number of hydrogen-bond acceptors (Lipinski definition) is 9. The van der Waals surface area contributed by atoms with Crippen LogP contribution in [0.25, 0.3) is 0 Å². The number of thiazole rings is 1. The molecule has 1 aromatic carbocycles. The Morgan fingerprint density at radius 1 is 1.27 bits per heavy atom. The topological polar surface area (TPSA) is 118 Å². The molecule has 1 amide bonds. The number of ether oxygens (including phenoxy) is 1. The van der Waals surface area contributed by atoms with Gasteiger partial charge >= 0.3 is 21.5 Å². The third kappa shape index (κ3) is 5.07. The molecule has 1 N–H and O–H groups in total. The predicted octanol–water partition coefficient (Wildman–Crippen LogP) is 3.03. The number of alkyl halides is 3. The largest absolute Gasteiger partial charge is 0.516 e. The number of carbonyl (C=O) groups is 2. The van der Waals surface area contributed by atoms with E-state index in [0.717, 1.165) is 28.2 Å². The molecular formula is C21H17F5N4O5S2. The zero-order chi connectivity index (χ0) is 27.1. The highest BCUT2D eigenvalue weighted by Crippen LogP contribution is 2.43. The SMILES string of the molecule is CCOC(=O)C1=C2C[C@H](C(=O)NS(=O)(=O)C(F)(F)F)CN2C(c2nccs2)=N[C@H]1c1ccc(F)cc1F. The summed E-state index contributed by atoms with van der Waals surface area (Å²) in [4.78, 5) is 35.5. The van der Waals surface area contributed by atoms with Crippen LogP contribution < -0.4 is 4.72 Å². The van der Waals surface area contributed by atoms with Gasteiger partial charge in [-0.15, -0.1) is 11.3 Å². The number of carbonyl (C=O) groups excluding carboxylic acids is 2. The molecule has 37 heavy (non-hydrogen) atoms. The van der Waals surface area contributed by atoms with Gasteiger partial charge in [-0.25, -0.2) is 23.3 Å². The highest BCUT2D eigenvalue weighted by atomic mass is 32.2. The average Bonchev–Trinajstić information content (AvgIpc) is 3.48. The molecule has 0 unspecified atom stereocenters. The van der Waals surface area contributed by atoms with E-state index in [2.05, 4.69) is 9.98 Å². The van der Waals surface area contributed by atoms with Crippen LogP contribution >= 0.6 is 11.3 Å². The summed E-state index contributed by atoms with van der Waals surface area (Å²) in [5, 5.41) is 1.86. The molecule has 2 aliphatic rings. The van der Waals surface area contributed by atoms with Gasteiger partial charge in [0, 0.05) is 41.9 Å². The molecule has 0 spiro atoms. The molecule has 16 heteroatoms. The number of sulfonamides is 1. The Hall–Kier alpha value is -3.40. The van der Waals surface area contributed by atoms with E-state index in [4.69, 9.17) is 4.74 Å². The number of nitrogens with zero attached hydrogens (tertiary/aromatic N) is 3. The fraction of sp³-hybridized carbons (Fsp3) is 0.333. The lowest BCUT2D eigenvalue weighted by molar-refractivity contribution is -0.139. The molecule has 1 aromatic heterocycles. The van der Waals surface area contributed by atoms with Crippen LogP contribution in [0.4, 0.5) is 22.0 Å². The van der Waals surface area contributed by atoms with E-state index < -0.39 is 57.4 Å². The third-order valence-electron chi connectivity index (χ3n) is 5.55. The molecule has 4 rings (SSSR count). The molecule has 1 saturated heterocycles. The highest BCUT2D eigenvalue weighted by Gasteiger charge is 2.50. The van der Waals surface area contributed by atoms with E-state index >= 15 is 0 Å². The number of fused-ring (bicyclic) bond motifs is 1. The molecule has 198 valence electrons.